The van der Waals surface area contributed by atoms with Crippen molar-refractivity contribution in [1.29, 1.82) is 0 Å². The maximum absolute atomic E-state index is 14.3. The molecule has 21 heavy (non-hydrogen) atoms. The molecule has 0 unspecified atom stereocenters. The van der Waals surface area contributed by atoms with E-state index in [1.807, 2.05) is 6.07 Å². The standard InChI is InChI=1S/C17H18FNO2/c1-11-3-4-17(5-6-19(2)15(17)7-11)12-8-13(18)16-14(9-12)20-10-21-16/h3-4,7-9,15H,5-6,10H2,1-2H3/t15-,17-/m0/s1. The van der Waals surface area contributed by atoms with E-state index in [1.54, 1.807) is 6.07 Å². The first kappa shape index (κ1) is 12.9. The van der Waals surface area contributed by atoms with Crippen molar-refractivity contribution in [3.05, 3.63) is 47.3 Å². The highest BCUT2D eigenvalue weighted by Crippen LogP contribution is 2.47. The fourth-order valence-electron chi connectivity index (χ4n) is 3.73. The topological polar surface area (TPSA) is 21.7 Å². The Balaban J connectivity index is 1.86. The summed E-state index contributed by atoms with van der Waals surface area (Å²) in [6.45, 7) is 3.20. The Bertz CT molecular complexity index is 667. The van der Waals surface area contributed by atoms with Crippen molar-refractivity contribution in [2.75, 3.05) is 20.4 Å². The van der Waals surface area contributed by atoms with Gasteiger partial charge in [-0.3, -0.25) is 4.90 Å². The summed E-state index contributed by atoms with van der Waals surface area (Å²) in [5, 5.41) is 0. The highest BCUT2D eigenvalue weighted by atomic mass is 19.1. The zero-order valence-corrected chi connectivity index (χ0v) is 12.2. The lowest BCUT2D eigenvalue weighted by molar-refractivity contribution is 0.171. The number of likely N-dealkylation sites (N-methyl/N-ethyl adjacent to an activating group) is 1. The summed E-state index contributed by atoms with van der Waals surface area (Å²) in [5.41, 5.74) is 2.06. The third-order valence-corrected chi connectivity index (χ3v) is 4.91. The van der Waals surface area contributed by atoms with Crippen LogP contribution in [0, 0.1) is 5.82 Å². The number of hydrogen-bond donors (Lipinski definition) is 0. The molecule has 0 N–H and O–H groups in total. The summed E-state index contributed by atoms with van der Waals surface area (Å²) in [6.07, 6.45) is 7.62. The van der Waals surface area contributed by atoms with Gasteiger partial charge in [0.05, 0.1) is 0 Å². The molecule has 0 amide bonds. The molecule has 110 valence electrons. The predicted octanol–water partition coefficient (Wildman–Crippen LogP) is 3.01. The Labute approximate surface area is 123 Å². The predicted molar refractivity (Wildman–Crippen MR) is 78.1 cm³/mol. The molecule has 0 radical (unpaired) electrons. The molecule has 2 aliphatic heterocycles. The van der Waals surface area contributed by atoms with Gasteiger partial charge in [-0.15, -0.1) is 0 Å². The molecule has 0 bridgehead atoms. The minimum Gasteiger partial charge on any atom is -0.453 e. The van der Waals surface area contributed by atoms with E-state index in [9.17, 15) is 4.39 Å². The molecule has 0 aromatic heterocycles. The molecule has 2 atom stereocenters. The Morgan fingerprint density at radius 1 is 1.33 bits per heavy atom. The van der Waals surface area contributed by atoms with Gasteiger partial charge < -0.3 is 9.47 Å². The monoisotopic (exact) mass is 287 g/mol. The van der Waals surface area contributed by atoms with E-state index in [2.05, 4.69) is 37.1 Å². The van der Waals surface area contributed by atoms with Crippen molar-refractivity contribution in [3.63, 3.8) is 0 Å². The van der Waals surface area contributed by atoms with Gasteiger partial charge in [0.2, 0.25) is 12.5 Å². The molecule has 1 aliphatic carbocycles. The van der Waals surface area contributed by atoms with E-state index in [-0.39, 0.29) is 29.8 Å². The SMILES string of the molecule is CC1=C[C@@H]2N(C)CC[C@]2(c2cc(F)c3c(c2)OCO3)C=C1. The van der Waals surface area contributed by atoms with Gasteiger partial charge in [0.1, 0.15) is 0 Å². The fourth-order valence-corrected chi connectivity index (χ4v) is 3.73. The second-order valence-corrected chi connectivity index (χ2v) is 6.15. The molecule has 4 rings (SSSR count). The molecule has 1 aromatic rings. The van der Waals surface area contributed by atoms with Gasteiger partial charge in [0, 0.05) is 11.5 Å². The molecule has 1 aromatic carbocycles. The number of allylic oxidation sites excluding steroid dienone is 2. The smallest absolute Gasteiger partial charge is 0.231 e. The van der Waals surface area contributed by atoms with Gasteiger partial charge in [0.15, 0.2) is 11.6 Å². The fraction of sp³-hybridized carbons (Fsp3) is 0.412. The average Bonchev–Trinajstić information content (AvgIpc) is 3.06. The summed E-state index contributed by atoms with van der Waals surface area (Å²) in [7, 11) is 2.12. The lowest BCUT2D eigenvalue weighted by Crippen LogP contribution is -2.40. The normalized spacial score (nSPS) is 30.4. The summed E-state index contributed by atoms with van der Waals surface area (Å²) in [4.78, 5) is 2.33. The number of halogens is 1. The number of nitrogens with zero attached hydrogens (tertiary/aromatic N) is 1. The minimum atomic E-state index is -0.331. The first-order valence-corrected chi connectivity index (χ1v) is 7.28. The molecule has 3 aliphatic rings. The van der Waals surface area contributed by atoms with Crippen LogP contribution in [0.3, 0.4) is 0 Å². The van der Waals surface area contributed by atoms with Crippen LogP contribution in [0.5, 0.6) is 11.5 Å². The molecule has 3 nitrogen and oxygen atoms in total. The van der Waals surface area contributed by atoms with Gasteiger partial charge in [-0.2, -0.15) is 0 Å². The second-order valence-electron chi connectivity index (χ2n) is 6.15. The van der Waals surface area contributed by atoms with Gasteiger partial charge >= 0.3 is 0 Å². The van der Waals surface area contributed by atoms with E-state index >= 15 is 0 Å². The number of rotatable bonds is 1. The summed E-state index contributed by atoms with van der Waals surface area (Å²) in [5.74, 6) is 0.430. The van der Waals surface area contributed by atoms with Crippen LogP contribution in [-0.4, -0.2) is 31.3 Å². The molecule has 0 spiro atoms. The van der Waals surface area contributed by atoms with Crippen molar-refractivity contribution >= 4 is 0 Å². The van der Waals surface area contributed by atoms with Crippen molar-refractivity contribution < 1.29 is 13.9 Å². The van der Waals surface area contributed by atoms with Crippen molar-refractivity contribution in [2.45, 2.75) is 24.8 Å². The average molecular weight is 287 g/mol. The van der Waals surface area contributed by atoms with Crippen LogP contribution >= 0.6 is 0 Å². The third kappa shape index (κ3) is 1.75. The number of benzene rings is 1. The van der Waals surface area contributed by atoms with Crippen LogP contribution < -0.4 is 9.47 Å². The lowest BCUT2D eigenvalue weighted by atomic mass is 9.71. The van der Waals surface area contributed by atoms with E-state index < -0.39 is 0 Å². The lowest BCUT2D eigenvalue weighted by Gasteiger charge is -2.36. The molecule has 2 heterocycles. The Hall–Kier alpha value is -1.81. The number of hydrogen-bond acceptors (Lipinski definition) is 3. The van der Waals surface area contributed by atoms with Crippen LogP contribution in [-0.2, 0) is 5.41 Å². The van der Waals surface area contributed by atoms with E-state index in [0.717, 1.165) is 18.5 Å². The minimum absolute atomic E-state index is 0.0981. The maximum atomic E-state index is 14.3. The molecule has 1 saturated heterocycles. The summed E-state index contributed by atoms with van der Waals surface area (Å²) >= 11 is 0. The number of likely N-dealkylation sites (tertiary alicyclic amines) is 1. The van der Waals surface area contributed by atoms with Gasteiger partial charge in [-0.25, -0.2) is 4.39 Å². The largest absolute Gasteiger partial charge is 0.453 e. The molecule has 1 fully saturated rings. The first-order valence-electron chi connectivity index (χ1n) is 7.28. The number of ether oxygens (including phenoxy) is 2. The second kappa shape index (κ2) is 4.34. The van der Waals surface area contributed by atoms with Gasteiger partial charge in [-0.1, -0.05) is 23.8 Å². The molecular formula is C17H18FNO2. The van der Waals surface area contributed by atoms with Crippen LogP contribution in [0.2, 0.25) is 0 Å². The van der Waals surface area contributed by atoms with E-state index in [1.165, 1.54) is 5.57 Å². The summed E-state index contributed by atoms with van der Waals surface area (Å²) in [6, 6.07) is 3.82. The molecular weight excluding hydrogens is 269 g/mol. The highest BCUT2D eigenvalue weighted by Gasteiger charge is 2.46. The Kier molecular flexibility index (Phi) is 2.67. The van der Waals surface area contributed by atoms with E-state index in [4.69, 9.17) is 9.47 Å². The van der Waals surface area contributed by atoms with Crippen molar-refractivity contribution in [2.24, 2.45) is 0 Å². The van der Waals surface area contributed by atoms with Crippen LogP contribution in [0.15, 0.2) is 35.9 Å². The maximum Gasteiger partial charge on any atom is 0.231 e. The van der Waals surface area contributed by atoms with Crippen molar-refractivity contribution in [3.8, 4) is 11.5 Å². The zero-order valence-electron chi connectivity index (χ0n) is 12.2. The molecule has 0 saturated carbocycles. The number of fused-ring (bicyclic) bond motifs is 2. The quantitative estimate of drug-likeness (QED) is 0.792. The van der Waals surface area contributed by atoms with Crippen LogP contribution in [0.25, 0.3) is 0 Å². The highest BCUT2D eigenvalue weighted by molar-refractivity contribution is 5.52. The van der Waals surface area contributed by atoms with Crippen molar-refractivity contribution in [1.82, 2.24) is 4.90 Å². The van der Waals surface area contributed by atoms with Gasteiger partial charge in [0.25, 0.3) is 0 Å². The summed E-state index contributed by atoms with van der Waals surface area (Å²) < 4.78 is 24.8. The first-order chi connectivity index (χ1) is 10.1. The molecule has 4 heteroatoms. The Morgan fingerprint density at radius 3 is 3.05 bits per heavy atom. The zero-order chi connectivity index (χ0) is 14.6. The third-order valence-electron chi connectivity index (χ3n) is 4.91. The Morgan fingerprint density at radius 2 is 2.19 bits per heavy atom. The van der Waals surface area contributed by atoms with E-state index in [0.29, 0.717) is 5.75 Å². The van der Waals surface area contributed by atoms with Crippen LogP contribution in [0.4, 0.5) is 4.39 Å². The van der Waals surface area contributed by atoms with Gasteiger partial charge in [-0.05, 0) is 44.6 Å². The van der Waals surface area contributed by atoms with Crippen LogP contribution in [0.1, 0.15) is 18.9 Å².